The fraction of sp³-hybridized carbons (Fsp3) is 0.417. The maximum absolute atomic E-state index is 13.5. The number of anilines is 1. The Hall–Kier alpha value is -2.59. The van der Waals surface area contributed by atoms with E-state index in [1.807, 2.05) is 38.1 Å². The summed E-state index contributed by atoms with van der Waals surface area (Å²) in [6, 6.07) is 13.1. The number of ether oxygens (including phenoxy) is 1. The van der Waals surface area contributed by atoms with Crippen LogP contribution in [0.25, 0.3) is 0 Å². The summed E-state index contributed by atoms with van der Waals surface area (Å²) in [6.07, 6.45) is 1.04. The molecular formula is C24H32BrN3O5S. The molecule has 0 saturated heterocycles. The predicted molar refractivity (Wildman–Crippen MR) is 137 cm³/mol. The Balaban J connectivity index is 2.37. The lowest BCUT2D eigenvalue weighted by Gasteiger charge is -2.31. The summed E-state index contributed by atoms with van der Waals surface area (Å²) in [6.45, 7) is 5.77. The molecule has 2 rings (SSSR count). The number of benzene rings is 2. The summed E-state index contributed by atoms with van der Waals surface area (Å²) in [5.74, 6) is -0.0814. The fourth-order valence-electron chi connectivity index (χ4n) is 3.20. The van der Waals surface area contributed by atoms with Gasteiger partial charge in [0.25, 0.3) is 0 Å². The summed E-state index contributed by atoms with van der Waals surface area (Å²) in [5.41, 5.74) is 1.11. The predicted octanol–water partition coefficient (Wildman–Crippen LogP) is 3.41. The third kappa shape index (κ3) is 8.02. The first-order chi connectivity index (χ1) is 15.9. The zero-order valence-corrected chi connectivity index (χ0v) is 22.5. The van der Waals surface area contributed by atoms with Gasteiger partial charge in [0.1, 0.15) is 18.3 Å². The normalized spacial score (nSPS) is 12.2. The van der Waals surface area contributed by atoms with Gasteiger partial charge in [0.05, 0.1) is 19.1 Å². The van der Waals surface area contributed by atoms with E-state index in [1.54, 1.807) is 31.2 Å². The Morgan fingerprint density at radius 1 is 1.09 bits per heavy atom. The Kier molecular flexibility index (Phi) is 9.93. The van der Waals surface area contributed by atoms with E-state index in [1.165, 1.54) is 12.0 Å². The Labute approximate surface area is 210 Å². The number of rotatable bonds is 11. The Morgan fingerprint density at radius 2 is 1.74 bits per heavy atom. The minimum absolute atomic E-state index is 0.151. The number of carbonyl (C=O) groups excluding carboxylic acids is 2. The number of amides is 2. The number of nitrogens with one attached hydrogen (secondary N) is 1. The van der Waals surface area contributed by atoms with E-state index in [4.69, 9.17) is 4.74 Å². The molecular weight excluding hydrogens is 522 g/mol. The lowest BCUT2D eigenvalue weighted by molar-refractivity contribution is -0.139. The molecule has 0 saturated carbocycles. The van der Waals surface area contributed by atoms with Crippen LogP contribution < -0.4 is 14.4 Å². The van der Waals surface area contributed by atoms with Crippen molar-refractivity contribution in [3.63, 3.8) is 0 Å². The van der Waals surface area contributed by atoms with Crippen LogP contribution in [-0.4, -0.2) is 57.6 Å². The van der Waals surface area contributed by atoms with E-state index in [9.17, 15) is 18.0 Å². The highest BCUT2D eigenvalue weighted by Gasteiger charge is 2.30. The minimum Gasteiger partial charge on any atom is -0.497 e. The van der Waals surface area contributed by atoms with Crippen molar-refractivity contribution in [3.05, 3.63) is 58.6 Å². The van der Waals surface area contributed by atoms with Gasteiger partial charge in [-0.25, -0.2) is 8.42 Å². The van der Waals surface area contributed by atoms with Gasteiger partial charge in [0.2, 0.25) is 21.8 Å². The van der Waals surface area contributed by atoms with Gasteiger partial charge < -0.3 is 15.0 Å². The van der Waals surface area contributed by atoms with Crippen LogP contribution in [0.1, 0.15) is 26.3 Å². The molecule has 2 aromatic rings. The molecule has 0 aliphatic rings. The SMILES string of the molecule is COc1cccc(N(CC(=O)N(Cc2ccc(Br)cc2)[C@@H](C)C(=O)NCC(C)C)S(C)(=O)=O)c1. The Morgan fingerprint density at radius 3 is 2.29 bits per heavy atom. The van der Waals surface area contributed by atoms with Crippen LogP contribution in [0.2, 0.25) is 0 Å². The van der Waals surface area contributed by atoms with Crippen LogP contribution in [-0.2, 0) is 26.2 Å². The van der Waals surface area contributed by atoms with E-state index in [0.29, 0.717) is 18.0 Å². The van der Waals surface area contributed by atoms with E-state index in [2.05, 4.69) is 21.2 Å². The van der Waals surface area contributed by atoms with Crippen molar-refractivity contribution in [3.8, 4) is 5.75 Å². The van der Waals surface area contributed by atoms with Gasteiger partial charge in [-0.2, -0.15) is 0 Å². The second-order valence-electron chi connectivity index (χ2n) is 8.43. The molecule has 186 valence electrons. The maximum atomic E-state index is 13.5. The number of halogens is 1. The quantitative estimate of drug-likeness (QED) is 0.460. The first kappa shape index (κ1) is 27.7. The standard InChI is InChI=1S/C24H32BrN3O5S/c1-17(2)14-26-24(30)18(3)27(15-19-9-11-20(25)12-10-19)23(29)16-28(34(5,31)32)21-7-6-8-22(13-21)33-4/h6-13,17-18H,14-16H2,1-5H3,(H,26,30)/t18-/m0/s1. The minimum atomic E-state index is -3.79. The van der Waals surface area contributed by atoms with Crippen LogP contribution in [0.15, 0.2) is 53.0 Å². The van der Waals surface area contributed by atoms with Crippen molar-refractivity contribution < 1.29 is 22.7 Å². The smallest absolute Gasteiger partial charge is 0.244 e. The molecule has 0 spiro atoms. The molecule has 1 atom stereocenters. The zero-order chi connectivity index (χ0) is 25.5. The summed E-state index contributed by atoms with van der Waals surface area (Å²) < 4.78 is 32.3. The van der Waals surface area contributed by atoms with Gasteiger partial charge in [-0.1, -0.05) is 48.0 Å². The maximum Gasteiger partial charge on any atom is 0.244 e. The van der Waals surface area contributed by atoms with Gasteiger partial charge in [0, 0.05) is 23.6 Å². The zero-order valence-electron chi connectivity index (χ0n) is 20.1. The second-order valence-corrected chi connectivity index (χ2v) is 11.3. The number of hydrogen-bond acceptors (Lipinski definition) is 5. The third-order valence-corrected chi connectivity index (χ3v) is 6.81. The van der Waals surface area contributed by atoms with Crippen molar-refractivity contribution in [1.82, 2.24) is 10.2 Å². The van der Waals surface area contributed by atoms with E-state index in [-0.39, 0.29) is 18.4 Å². The average Bonchev–Trinajstić information content (AvgIpc) is 2.79. The van der Waals surface area contributed by atoms with Gasteiger partial charge >= 0.3 is 0 Å². The number of nitrogens with zero attached hydrogens (tertiary/aromatic N) is 2. The van der Waals surface area contributed by atoms with Crippen molar-refractivity contribution in [2.75, 3.05) is 30.8 Å². The van der Waals surface area contributed by atoms with E-state index < -0.39 is 28.5 Å². The molecule has 0 aliphatic carbocycles. The largest absolute Gasteiger partial charge is 0.497 e. The monoisotopic (exact) mass is 553 g/mol. The van der Waals surface area contributed by atoms with Crippen molar-refractivity contribution >= 4 is 43.5 Å². The van der Waals surface area contributed by atoms with Gasteiger partial charge in [0.15, 0.2) is 0 Å². The molecule has 0 aliphatic heterocycles. The molecule has 0 radical (unpaired) electrons. The number of carbonyl (C=O) groups is 2. The molecule has 1 N–H and O–H groups in total. The molecule has 0 aromatic heterocycles. The first-order valence-electron chi connectivity index (χ1n) is 10.9. The number of methoxy groups -OCH3 is 1. The fourth-order valence-corrected chi connectivity index (χ4v) is 4.31. The number of sulfonamides is 1. The summed E-state index contributed by atoms with van der Waals surface area (Å²) in [5, 5.41) is 2.85. The molecule has 0 bridgehead atoms. The van der Waals surface area contributed by atoms with Crippen LogP contribution in [0.4, 0.5) is 5.69 Å². The first-order valence-corrected chi connectivity index (χ1v) is 13.5. The van der Waals surface area contributed by atoms with Crippen molar-refractivity contribution in [2.45, 2.75) is 33.4 Å². The summed E-state index contributed by atoms with van der Waals surface area (Å²) in [4.78, 5) is 27.7. The lowest BCUT2D eigenvalue weighted by atomic mass is 10.1. The molecule has 10 heteroatoms. The van der Waals surface area contributed by atoms with Crippen LogP contribution in [0.3, 0.4) is 0 Å². The highest BCUT2D eigenvalue weighted by molar-refractivity contribution is 9.10. The molecule has 8 nitrogen and oxygen atoms in total. The molecule has 0 heterocycles. The van der Waals surface area contributed by atoms with E-state index >= 15 is 0 Å². The molecule has 0 unspecified atom stereocenters. The summed E-state index contributed by atoms with van der Waals surface area (Å²) in [7, 11) is -2.32. The van der Waals surface area contributed by atoms with Gasteiger partial charge in [-0.15, -0.1) is 0 Å². The molecule has 2 aromatic carbocycles. The van der Waals surface area contributed by atoms with E-state index in [0.717, 1.165) is 20.6 Å². The third-order valence-electron chi connectivity index (χ3n) is 5.14. The average molecular weight is 555 g/mol. The van der Waals surface area contributed by atoms with Crippen LogP contribution >= 0.6 is 15.9 Å². The van der Waals surface area contributed by atoms with Crippen molar-refractivity contribution in [1.29, 1.82) is 0 Å². The van der Waals surface area contributed by atoms with Gasteiger partial charge in [-0.3, -0.25) is 13.9 Å². The molecule has 2 amide bonds. The highest BCUT2D eigenvalue weighted by atomic mass is 79.9. The summed E-state index contributed by atoms with van der Waals surface area (Å²) >= 11 is 3.39. The highest BCUT2D eigenvalue weighted by Crippen LogP contribution is 2.24. The second kappa shape index (κ2) is 12.2. The van der Waals surface area contributed by atoms with Gasteiger partial charge in [-0.05, 0) is 42.7 Å². The topological polar surface area (TPSA) is 96.0 Å². The Bertz CT molecular complexity index is 1090. The lowest BCUT2D eigenvalue weighted by Crippen LogP contribution is -2.51. The van der Waals surface area contributed by atoms with Crippen LogP contribution in [0, 0.1) is 5.92 Å². The molecule has 34 heavy (non-hydrogen) atoms. The van der Waals surface area contributed by atoms with Crippen LogP contribution in [0.5, 0.6) is 5.75 Å². The van der Waals surface area contributed by atoms with Crippen molar-refractivity contribution in [2.24, 2.45) is 5.92 Å². The number of hydrogen-bond donors (Lipinski definition) is 1. The molecule has 0 fully saturated rings.